The predicted molar refractivity (Wildman–Crippen MR) is 46.3 cm³/mol. The topological polar surface area (TPSA) is 76.5 Å². The van der Waals surface area contributed by atoms with Gasteiger partial charge in [-0.3, -0.25) is 0 Å². The van der Waals surface area contributed by atoms with Crippen molar-refractivity contribution >= 4 is 0 Å². The number of hydrogen-bond acceptors (Lipinski definition) is 5. The second-order valence-electron chi connectivity index (χ2n) is 2.63. The highest BCUT2D eigenvalue weighted by atomic mass is 16.5. The van der Waals surface area contributed by atoms with Crippen LogP contribution in [-0.2, 0) is 0 Å². The predicted octanol–water partition coefficient (Wildman–Crippen LogP) is -0.296. The Bertz CT molecular complexity index is 73.1. The molecule has 0 aliphatic heterocycles. The number of unbranched alkanes of at least 4 members (excludes halogenated alkanes) is 1. The van der Waals surface area contributed by atoms with E-state index in [0.29, 0.717) is 13.1 Å². The van der Waals surface area contributed by atoms with Crippen molar-refractivity contribution in [1.82, 2.24) is 16.3 Å². The maximum Gasteiger partial charge on any atom is 0.0219 e. The van der Waals surface area contributed by atoms with E-state index in [9.17, 15) is 0 Å². The van der Waals surface area contributed by atoms with Gasteiger partial charge in [0.15, 0.2) is 0 Å². The van der Waals surface area contributed by atoms with Crippen molar-refractivity contribution < 1.29 is 10.4 Å². The summed E-state index contributed by atoms with van der Waals surface area (Å²) in [7, 11) is 0. The Balaban J connectivity index is 2.73. The van der Waals surface area contributed by atoms with E-state index < -0.39 is 0 Å². The molecule has 0 bridgehead atoms. The summed E-state index contributed by atoms with van der Waals surface area (Å²) in [5.74, 6) is 0. The highest BCUT2D eigenvalue weighted by Crippen LogP contribution is 1.83. The Labute approximate surface area is 73.1 Å². The molecule has 5 nitrogen and oxygen atoms in total. The number of hydroxylamine groups is 2. The molecule has 0 spiro atoms. The van der Waals surface area contributed by atoms with Crippen LogP contribution in [0.4, 0.5) is 0 Å². The molecule has 0 saturated carbocycles. The van der Waals surface area contributed by atoms with Crippen molar-refractivity contribution in [2.75, 3.05) is 26.2 Å². The molecule has 5 heteroatoms. The van der Waals surface area contributed by atoms with Crippen molar-refractivity contribution in [3.05, 3.63) is 0 Å². The Morgan fingerprint density at radius 3 is 1.83 bits per heavy atom. The summed E-state index contributed by atoms with van der Waals surface area (Å²) in [6.07, 6.45) is 2.95. The van der Waals surface area contributed by atoms with E-state index in [-0.39, 0.29) is 0 Å². The molecular formula is C7H19N3O2. The minimum atomic E-state index is 0.630. The van der Waals surface area contributed by atoms with Crippen molar-refractivity contribution in [2.45, 2.75) is 19.3 Å². The van der Waals surface area contributed by atoms with Gasteiger partial charge < -0.3 is 15.7 Å². The minimum Gasteiger partial charge on any atom is -0.317 e. The van der Waals surface area contributed by atoms with Crippen molar-refractivity contribution in [3.63, 3.8) is 0 Å². The second kappa shape index (κ2) is 10.8. The Kier molecular flexibility index (Phi) is 10.6. The monoisotopic (exact) mass is 177 g/mol. The second-order valence-corrected chi connectivity index (χ2v) is 2.63. The molecule has 0 atom stereocenters. The van der Waals surface area contributed by atoms with E-state index in [1.54, 1.807) is 0 Å². The molecule has 0 aromatic rings. The smallest absolute Gasteiger partial charge is 0.0219 e. The van der Waals surface area contributed by atoms with Crippen LogP contribution in [0.1, 0.15) is 19.3 Å². The summed E-state index contributed by atoms with van der Waals surface area (Å²) in [5.41, 5.74) is 4.20. The molecule has 0 fully saturated rings. The molecule has 0 rings (SSSR count). The summed E-state index contributed by atoms with van der Waals surface area (Å²) in [6, 6.07) is 0. The lowest BCUT2D eigenvalue weighted by atomic mass is 10.3. The third kappa shape index (κ3) is 9.80. The standard InChI is InChI=1S/C7H19N3O2/c11-9-6-2-1-4-8-5-3-7-10-12/h8-12H,1-7H2. The number of nitrogens with one attached hydrogen (secondary N) is 3. The lowest BCUT2D eigenvalue weighted by Crippen LogP contribution is -2.21. The zero-order valence-corrected chi connectivity index (χ0v) is 7.34. The van der Waals surface area contributed by atoms with Gasteiger partial charge in [0, 0.05) is 13.1 Å². The molecule has 0 amide bonds. The fraction of sp³-hybridized carbons (Fsp3) is 1.00. The molecule has 0 aromatic carbocycles. The fourth-order valence-corrected chi connectivity index (χ4v) is 0.872. The first-order valence-corrected chi connectivity index (χ1v) is 4.36. The largest absolute Gasteiger partial charge is 0.317 e. The average molecular weight is 177 g/mol. The van der Waals surface area contributed by atoms with Crippen LogP contribution in [0.15, 0.2) is 0 Å². The summed E-state index contributed by atoms with van der Waals surface area (Å²) in [4.78, 5) is 0. The lowest BCUT2D eigenvalue weighted by Gasteiger charge is -2.03. The summed E-state index contributed by atoms with van der Waals surface area (Å²) < 4.78 is 0. The molecule has 12 heavy (non-hydrogen) atoms. The summed E-state index contributed by atoms with van der Waals surface area (Å²) >= 11 is 0. The van der Waals surface area contributed by atoms with Gasteiger partial charge in [-0.05, 0) is 32.4 Å². The zero-order chi connectivity index (χ0) is 9.07. The van der Waals surface area contributed by atoms with Gasteiger partial charge >= 0.3 is 0 Å². The van der Waals surface area contributed by atoms with E-state index in [1.165, 1.54) is 0 Å². The highest BCUT2D eigenvalue weighted by molar-refractivity contribution is 4.49. The molecule has 0 aliphatic carbocycles. The third-order valence-electron chi connectivity index (χ3n) is 1.53. The van der Waals surface area contributed by atoms with Gasteiger partial charge in [-0.2, -0.15) is 0 Å². The maximum absolute atomic E-state index is 8.23. The Morgan fingerprint density at radius 2 is 1.17 bits per heavy atom. The van der Waals surface area contributed by atoms with Crippen molar-refractivity contribution in [3.8, 4) is 0 Å². The van der Waals surface area contributed by atoms with Gasteiger partial charge in [0.2, 0.25) is 0 Å². The van der Waals surface area contributed by atoms with Crippen LogP contribution >= 0.6 is 0 Å². The molecule has 74 valence electrons. The van der Waals surface area contributed by atoms with Gasteiger partial charge in [-0.25, -0.2) is 11.0 Å². The van der Waals surface area contributed by atoms with Gasteiger partial charge in [-0.15, -0.1) is 0 Å². The van der Waals surface area contributed by atoms with E-state index >= 15 is 0 Å². The molecule has 0 saturated heterocycles. The highest BCUT2D eigenvalue weighted by Gasteiger charge is 1.88. The van der Waals surface area contributed by atoms with Crippen LogP contribution in [0.3, 0.4) is 0 Å². The molecule has 0 aromatic heterocycles. The zero-order valence-electron chi connectivity index (χ0n) is 7.34. The number of rotatable bonds is 9. The molecule has 0 aliphatic rings. The third-order valence-corrected chi connectivity index (χ3v) is 1.53. The Morgan fingerprint density at radius 1 is 0.667 bits per heavy atom. The first-order valence-electron chi connectivity index (χ1n) is 4.36. The van der Waals surface area contributed by atoms with E-state index in [0.717, 1.165) is 32.4 Å². The summed E-state index contributed by atoms with van der Waals surface area (Å²) in [5, 5.41) is 19.7. The molecule has 0 unspecified atom stereocenters. The van der Waals surface area contributed by atoms with Gasteiger partial charge in [-0.1, -0.05) is 0 Å². The molecule has 5 N–H and O–H groups in total. The normalized spacial score (nSPS) is 10.5. The first-order chi connectivity index (χ1) is 5.91. The van der Waals surface area contributed by atoms with Crippen LogP contribution in [0.2, 0.25) is 0 Å². The lowest BCUT2D eigenvalue weighted by molar-refractivity contribution is 0.163. The molecule has 0 radical (unpaired) electrons. The van der Waals surface area contributed by atoms with Gasteiger partial charge in [0.1, 0.15) is 0 Å². The van der Waals surface area contributed by atoms with Crippen LogP contribution in [0, 0.1) is 0 Å². The van der Waals surface area contributed by atoms with Crippen LogP contribution in [0.25, 0.3) is 0 Å². The van der Waals surface area contributed by atoms with E-state index in [1.807, 2.05) is 0 Å². The number of hydrogen-bond donors (Lipinski definition) is 5. The molecule has 0 heterocycles. The minimum absolute atomic E-state index is 0.630. The van der Waals surface area contributed by atoms with Crippen LogP contribution in [-0.4, -0.2) is 36.6 Å². The first kappa shape index (κ1) is 11.8. The summed E-state index contributed by atoms with van der Waals surface area (Å²) in [6.45, 7) is 3.16. The van der Waals surface area contributed by atoms with E-state index in [2.05, 4.69) is 16.3 Å². The fourth-order valence-electron chi connectivity index (χ4n) is 0.872. The Hall–Kier alpha value is -0.200. The maximum atomic E-state index is 8.23. The van der Waals surface area contributed by atoms with Crippen molar-refractivity contribution in [2.24, 2.45) is 0 Å². The average Bonchev–Trinajstić information content (AvgIpc) is 2.10. The van der Waals surface area contributed by atoms with E-state index in [4.69, 9.17) is 10.4 Å². The van der Waals surface area contributed by atoms with Crippen LogP contribution in [0.5, 0.6) is 0 Å². The van der Waals surface area contributed by atoms with Crippen molar-refractivity contribution in [1.29, 1.82) is 0 Å². The SMILES string of the molecule is ONCCCCNCCCNO. The molecular weight excluding hydrogens is 158 g/mol. The quantitative estimate of drug-likeness (QED) is 0.247. The van der Waals surface area contributed by atoms with Gasteiger partial charge in [0.05, 0.1) is 0 Å². The van der Waals surface area contributed by atoms with Crippen LogP contribution < -0.4 is 16.3 Å². The van der Waals surface area contributed by atoms with Gasteiger partial charge in [0.25, 0.3) is 0 Å².